The van der Waals surface area contributed by atoms with E-state index in [2.05, 4.69) is 10.5 Å². The summed E-state index contributed by atoms with van der Waals surface area (Å²) < 4.78 is 16.2. The molecule has 0 unspecified atom stereocenters. The lowest BCUT2D eigenvalue weighted by molar-refractivity contribution is 0.174. The number of aromatic hydroxyl groups is 1. The zero-order valence-electron chi connectivity index (χ0n) is 16.3. The number of rotatable bonds is 2. The fraction of sp³-hybridized carbons (Fsp3) is 0.273. The smallest absolute Gasteiger partial charge is 0.339 e. The van der Waals surface area contributed by atoms with Crippen molar-refractivity contribution in [3.8, 4) is 17.2 Å². The molecule has 29 heavy (non-hydrogen) atoms. The Hall–Kier alpha value is -3.48. The van der Waals surface area contributed by atoms with Crippen molar-refractivity contribution in [3.05, 3.63) is 62.5 Å². The molecule has 0 aliphatic carbocycles. The Bertz CT molecular complexity index is 1260. The fourth-order valence-corrected chi connectivity index (χ4v) is 4.01. The van der Waals surface area contributed by atoms with Gasteiger partial charge in [0.25, 0.3) is 0 Å². The highest BCUT2D eigenvalue weighted by Crippen LogP contribution is 2.39. The molecule has 0 bridgehead atoms. The summed E-state index contributed by atoms with van der Waals surface area (Å²) >= 11 is 0. The van der Waals surface area contributed by atoms with Crippen molar-refractivity contribution in [2.75, 3.05) is 6.79 Å². The van der Waals surface area contributed by atoms with Gasteiger partial charge in [-0.1, -0.05) is 6.07 Å². The molecule has 7 nitrogen and oxygen atoms in total. The third kappa shape index (κ3) is 2.65. The first-order valence-corrected chi connectivity index (χ1v) is 9.42. The molecule has 1 aromatic heterocycles. The lowest BCUT2D eigenvalue weighted by Gasteiger charge is -2.14. The molecular formula is C22H20N2O5. The molecule has 0 amide bonds. The number of hydrogen-bond acceptors (Lipinski definition) is 7. The van der Waals surface area contributed by atoms with Gasteiger partial charge in [-0.05, 0) is 55.7 Å². The van der Waals surface area contributed by atoms with Gasteiger partial charge in [-0.25, -0.2) is 4.79 Å². The van der Waals surface area contributed by atoms with Crippen LogP contribution < -0.4 is 20.5 Å². The van der Waals surface area contributed by atoms with Crippen LogP contribution in [0.1, 0.15) is 40.3 Å². The molecule has 3 heterocycles. The van der Waals surface area contributed by atoms with E-state index in [0.29, 0.717) is 34.1 Å². The molecule has 2 aromatic carbocycles. The lowest BCUT2D eigenvalue weighted by Crippen LogP contribution is -2.10. The highest BCUT2D eigenvalue weighted by molar-refractivity contribution is 6.09. The number of aryl methyl sites for hydroxylation is 2. The van der Waals surface area contributed by atoms with Crippen LogP contribution in [0.3, 0.4) is 0 Å². The van der Waals surface area contributed by atoms with Gasteiger partial charge in [0.1, 0.15) is 11.3 Å². The van der Waals surface area contributed by atoms with Crippen LogP contribution in [0.25, 0.3) is 11.0 Å². The SMILES string of the molecule is Cc1cc2oc(=O)c(C)c(C)c2c(O)c1C1=NN[C@H](c2ccc3c(c2)OCO3)C1. The number of ether oxygens (including phenoxy) is 2. The molecule has 2 N–H and O–H groups in total. The third-order valence-electron chi connectivity index (χ3n) is 5.75. The summed E-state index contributed by atoms with van der Waals surface area (Å²) in [5.74, 6) is 1.56. The summed E-state index contributed by atoms with van der Waals surface area (Å²) in [6, 6.07) is 7.58. The number of hydrogen-bond donors (Lipinski definition) is 2. The number of phenolic OH excluding ortho intramolecular Hbond substituents is 1. The van der Waals surface area contributed by atoms with Gasteiger partial charge in [-0.2, -0.15) is 5.10 Å². The molecule has 2 aliphatic rings. The van der Waals surface area contributed by atoms with Gasteiger partial charge in [0.05, 0.1) is 17.1 Å². The summed E-state index contributed by atoms with van der Waals surface area (Å²) in [5.41, 5.74) is 7.63. The summed E-state index contributed by atoms with van der Waals surface area (Å²) in [4.78, 5) is 12.0. The van der Waals surface area contributed by atoms with Crippen LogP contribution in [-0.4, -0.2) is 17.6 Å². The molecule has 0 spiro atoms. The highest BCUT2D eigenvalue weighted by Gasteiger charge is 2.27. The van der Waals surface area contributed by atoms with Crippen molar-refractivity contribution in [2.45, 2.75) is 33.2 Å². The number of nitrogens with zero attached hydrogens (tertiary/aromatic N) is 1. The van der Waals surface area contributed by atoms with Gasteiger partial charge in [0.2, 0.25) is 6.79 Å². The molecule has 0 saturated heterocycles. The van der Waals surface area contributed by atoms with Gasteiger partial charge in [-0.15, -0.1) is 0 Å². The minimum absolute atomic E-state index is 0.0365. The van der Waals surface area contributed by atoms with Crippen molar-refractivity contribution < 1.29 is 19.0 Å². The van der Waals surface area contributed by atoms with Crippen LogP contribution in [0.4, 0.5) is 0 Å². The van der Waals surface area contributed by atoms with E-state index in [9.17, 15) is 9.90 Å². The van der Waals surface area contributed by atoms with Crippen molar-refractivity contribution in [3.63, 3.8) is 0 Å². The van der Waals surface area contributed by atoms with Crippen LogP contribution in [-0.2, 0) is 0 Å². The van der Waals surface area contributed by atoms with E-state index < -0.39 is 0 Å². The molecule has 0 radical (unpaired) electrons. The standard InChI is InChI=1S/C22H20N2O5/c1-10-6-18-20(11(2)12(3)22(26)29-18)21(25)19(10)15-8-14(23-24-15)13-4-5-16-17(7-13)28-9-27-16/h4-7,14,23,25H,8-9H2,1-3H3/t14-/m0/s1. The van der Waals surface area contributed by atoms with E-state index in [0.717, 1.165) is 28.3 Å². The molecule has 2 aliphatic heterocycles. The Labute approximate surface area is 166 Å². The largest absolute Gasteiger partial charge is 0.506 e. The van der Waals surface area contributed by atoms with E-state index >= 15 is 0 Å². The molecule has 7 heteroatoms. The maximum atomic E-state index is 12.0. The first kappa shape index (κ1) is 17.6. The van der Waals surface area contributed by atoms with E-state index in [-0.39, 0.29) is 24.2 Å². The summed E-state index contributed by atoms with van der Waals surface area (Å²) in [7, 11) is 0. The molecule has 148 valence electrons. The van der Waals surface area contributed by atoms with Crippen LogP contribution in [0.15, 0.2) is 38.6 Å². The maximum absolute atomic E-state index is 12.0. The lowest BCUT2D eigenvalue weighted by atomic mass is 9.93. The second-order valence-electron chi connectivity index (χ2n) is 7.49. The zero-order chi connectivity index (χ0) is 20.3. The van der Waals surface area contributed by atoms with E-state index in [1.165, 1.54) is 0 Å². The zero-order valence-corrected chi connectivity index (χ0v) is 16.3. The van der Waals surface area contributed by atoms with E-state index in [4.69, 9.17) is 13.9 Å². The van der Waals surface area contributed by atoms with Crippen molar-refractivity contribution >= 4 is 16.7 Å². The summed E-state index contributed by atoms with van der Waals surface area (Å²) in [5, 5.41) is 16.1. The summed E-state index contributed by atoms with van der Waals surface area (Å²) in [6.45, 7) is 5.62. The third-order valence-corrected chi connectivity index (χ3v) is 5.75. The minimum Gasteiger partial charge on any atom is -0.506 e. The monoisotopic (exact) mass is 392 g/mol. The van der Waals surface area contributed by atoms with Gasteiger partial charge in [0, 0.05) is 17.5 Å². The number of hydrazone groups is 1. The minimum atomic E-state index is -0.385. The first-order chi connectivity index (χ1) is 13.9. The summed E-state index contributed by atoms with van der Waals surface area (Å²) in [6.07, 6.45) is 0.606. The quantitative estimate of drug-likeness (QED) is 0.648. The average molecular weight is 392 g/mol. The topological polar surface area (TPSA) is 93.3 Å². The molecule has 3 aromatic rings. The van der Waals surface area contributed by atoms with Crippen molar-refractivity contribution in [1.29, 1.82) is 0 Å². The molecular weight excluding hydrogens is 372 g/mol. The van der Waals surface area contributed by atoms with Gasteiger partial charge in [-0.3, -0.25) is 0 Å². The Morgan fingerprint density at radius 3 is 2.72 bits per heavy atom. The predicted octanol–water partition coefficient (Wildman–Crippen LogP) is 3.59. The van der Waals surface area contributed by atoms with Crippen molar-refractivity contribution in [1.82, 2.24) is 5.43 Å². The van der Waals surface area contributed by atoms with Crippen LogP contribution in [0, 0.1) is 20.8 Å². The van der Waals surface area contributed by atoms with Crippen LogP contribution in [0.5, 0.6) is 17.2 Å². The Morgan fingerprint density at radius 2 is 1.90 bits per heavy atom. The molecule has 5 rings (SSSR count). The normalized spacial score (nSPS) is 17.5. The number of benzene rings is 2. The van der Waals surface area contributed by atoms with Crippen LogP contribution in [0.2, 0.25) is 0 Å². The Kier molecular flexibility index (Phi) is 3.81. The first-order valence-electron chi connectivity index (χ1n) is 9.42. The maximum Gasteiger partial charge on any atom is 0.339 e. The van der Waals surface area contributed by atoms with Gasteiger partial charge in [0.15, 0.2) is 11.5 Å². The molecule has 0 fully saturated rings. The fourth-order valence-electron chi connectivity index (χ4n) is 4.01. The second-order valence-corrected chi connectivity index (χ2v) is 7.49. The molecule has 1 atom stereocenters. The van der Waals surface area contributed by atoms with Gasteiger partial charge >= 0.3 is 5.63 Å². The molecule has 0 saturated carbocycles. The average Bonchev–Trinajstić information content (AvgIpc) is 3.34. The van der Waals surface area contributed by atoms with Gasteiger partial charge < -0.3 is 24.4 Å². The van der Waals surface area contributed by atoms with Crippen molar-refractivity contribution in [2.24, 2.45) is 5.10 Å². The highest BCUT2D eigenvalue weighted by atomic mass is 16.7. The number of phenols is 1. The van der Waals surface area contributed by atoms with E-state index in [1.807, 2.05) is 32.0 Å². The predicted molar refractivity (Wildman–Crippen MR) is 108 cm³/mol. The Balaban J connectivity index is 1.54. The second kappa shape index (κ2) is 6.27. The number of nitrogens with one attached hydrogen (secondary N) is 1. The van der Waals surface area contributed by atoms with Crippen LogP contribution >= 0.6 is 0 Å². The van der Waals surface area contributed by atoms with E-state index in [1.54, 1.807) is 13.0 Å². The number of fused-ring (bicyclic) bond motifs is 2. The Morgan fingerprint density at radius 1 is 1.10 bits per heavy atom.